The Morgan fingerprint density at radius 3 is 2.21 bits per heavy atom. The number of esters is 1. The molecular formula is C27H28N2O5. The normalized spacial score (nSPS) is 24.0. The van der Waals surface area contributed by atoms with Gasteiger partial charge in [0.1, 0.15) is 0 Å². The van der Waals surface area contributed by atoms with E-state index in [0.29, 0.717) is 36.9 Å². The average molecular weight is 461 g/mol. The van der Waals surface area contributed by atoms with E-state index in [1.165, 1.54) is 12.0 Å². The third kappa shape index (κ3) is 3.69. The highest BCUT2D eigenvalue weighted by Crippen LogP contribution is 2.38. The Hall–Kier alpha value is -3.48. The van der Waals surface area contributed by atoms with Crippen molar-refractivity contribution in [3.8, 4) is 0 Å². The maximum absolute atomic E-state index is 13.9. The van der Waals surface area contributed by atoms with Crippen LogP contribution in [0, 0.1) is 11.8 Å². The third-order valence-corrected chi connectivity index (χ3v) is 7.52. The summed E-state index contributed by atoms with van der Waals surface area (Å²) in [6.07, 6.45) is 3.74. The van der Waals surface area contributed by atoms with Crippen LogP contribution in [0.2, 0.25) is 0 Å². The SMILES string of the molecule is COC(=O)[C@@H]1CCCC[C@@H]1C(=O)N1CCc2ccccc2[C@H]1CN1C(=O)c2ccccc2C1=O. The fourth-order valence-electron chi connectivity index (χ4n) is 5.76. The van der Waals surface area contributed by atoms with Crippen LogP contribution in [0.5, 0.6) is 0 Å². The molecule has 0 bridgehead atoms. The second-order valence-corrected chi connectivity index (χ2v) is 9.28. The first kappa shape index (κ1) is 22.3. The zero-order valence-corrected chi connectivity index (χ0v) is 19.2. The number of imide groups is 1. The maximum atomic E-state index is 13.9. The number of methoxy groups -OCH3 is 1. The number of amides is 3. The Morgan fingerprint density at radius 1 is 0.912 bits per heavy atom. The molecule has 0 aromatic heterocycles. The molecule has 5 rings (SSSR count). The molecule has 0 spiro atoms. The first-order chi connectivity index (χ1) is 16.5. The molecule has 2 heterocycles. The van der Waals surface area contributed by atoms with Crippen LogP contribution in [0.15, 0.2) is 48.5 Å². The van der Waals surface area contributed by atoms with Gasteiger partial charge in [0.2, 0.25) is 5.91 Å². The number of hydrogen-bond donors (Lipinski definition) is 0. The predicted octanol–water partition coefficient (Wildman–Crippen LogP) is 3.39. The van der Waals surface area contributed by atoms with Crippen LogP contribution in [0.3, 0.4) is 0 Å². The number of carbonyl (C=O) groups excluding carboxylic acids is 4. The Bertz CT molecular complexity index is 1120. The number of ether oxygens (including phenoxy) is 1. The van der Waals surface area contributed by atoms with Crippen LogP contribution in [0.4, 0.5) is 0 Å². The highest BCUT2D eigenvalue weighted by atomic mass is 16.5. The number of carbonyl (C=O) groups is 4. The molecule has 2 aliphatic heterocycles. The number of benzene rings is 2. The van der Waals surface area contributed by atoms with Crippen molar-refractivity contribution in [2.75, 3.05) is 20.2 Å². The van der Waals surface area contributed by atoms with Crippen molar-refractivity contribution in [2.24, 2.45) is 11.8 Å². The monoisotopic (exact) mass is 460 g/mol. The van der Waals surface area contributed by atoms with E-state index < -0.39 is 17.9 Å². The fraction of sp³-hybridized carbons (Fsp3) is 0.407. The lowest BCUT2D eigenvalue weighted by Gasteiger charge is -2.42. The van der Waals surface area contributed by atoms with Gasteiger partial charge in [0.25, 0.3) is 11.8 Å². The Balaban J connectivity index is 1.48. The minimum Gasteiger partial charge on any atom is -0.469 e. The summed E-state index contributed by atoms with van der Waals surface area (Å²) in [6.45, 7) is 0.568. The van der Waals surface area contributed by atoms with Crippen LogP contribution in [-0.2, 0) is 20.7 Å². The molecule has 7 nitrogen and oxygen atoms in total. The highest BCUT2D eigenvalue weighted by molar-refractivity contribution is 6.21. The molecule has 1 saturated carbocycles. The number of hydrogen-bond acceptors (Lipinski definition) is 5. The van der Waals surface area contributed by atoms with Gasteiger partial charge in [-0.05, 0) is 42.5 Å². The van der Waals surface area contributed by atoms with Gasteiger partial charge in [-0.1, -0.05) is 49.2 Å². The lowest BCUT2D eigenvalue weighted by molar-refractivity contribution is -0.156. The molecule has 0 radical (unpaired) electrons. The molecule has 3 amide bonds. The summed E-state index contributed by atoms with van der Waals surface area (Å²) < 4.78 is 5.00. The summed E-state index contributed by atoms with van der Waals surface area (Å²) >= 11 is 0. The predicted molar refractivity (Wildman–Crippen MR) is 124 cm³/mol. The maximum Gasteiger partial charge on any atom is 0.309 e. The Labute approximate surface area is 198 Å². The Kier molecular flexibility index (Phi) is 5.94. The van der Waals surface area contributed by atoms with E-state index >= 15 is 0 Å². The average Bonchev–Trinajstić information content (AvgIpc) is 3.13. The van der Waals surface area contributed by atoms with Crippen LogP contribution in [0.25, 0.3) is 0 Å². The van der Waals surface area contributed by atoms with Crippen molar-refractivity contribution in [1.29, 1.82) is 0 Å². The molecule has 3 atom stereocenters. The summed E-state index contributed by atoms with van der Waals surface area (Å²) in [5.41, 5.74) is 2.85. The van der Waals surface area contributed by atoms with Gasteiger partial charge in [-0.25, -0.2) is 0 Å². The number of rotatable bonds is 4. The number of nitrogens with zero attached hydrogens (tertiary/aromatic N) is 2. The van der Waals surface area contributed by atoms with Crippen LogP contribution in [0.1, 0.15) is 63.6 Å². The van der Waals surface area contributed by atoms with E-state index in [4.69, 9.17) is 4.74 Å². The van der Waals surface area contributed by atoms with E-state index in [9.17, 15) is 19.2 Å². The fourth-order valence-corrected chi connectivity index (χ4v) is 5.76. The van der Waals surface area contributed by atoms with Crippen molar-refractivity contribution in [2.45, 2.75) is 38.1 Å². The van der Waals surface area contributed by atoms with Crippen molar-refractivity contribution in [3.63, 3.8) is 0 Å². The Morgan fingerprint density at radius 2 is 1.53 bits per heavy atom. The summed E-state index contributed by atoms with van der Waals surface area (Å²) in [5.74, 6) is -2.00. The molecule has 3 aliphatic rings. The zero-order valence-electron chi connectivity index (χ0n) is 19.2. The molecule has 7 heteroatoms. The molecule has 1 aliphatic carbocycles. The summed E-state index contributed by atoms with van der Waals surface area (Å²) in [7, 11) is 1.36. The van der Waals surface area contributed by atoms with E-state index in [2.05, 4.69) is 0 Å². The van der Waals surface area contributed by atoms with Gasteiger partial charge in [-0.3, -0.25) is 24.1 Å². The van der Waals surface area contributed by atoms with Crippen molar-refractivity contribution < 1.29 is 23.9 Å². The molecule has 0 N–H and O–H groups in total. The van der Waals surface area contributed by atoms with E-state index in [-0.39, 0.29) is 30.2 Å². The highest BCUT2D eigenvalue weighted by Gasteiger charge is 2.44. The first-order valence-electron chi connectivity index (χ1n) is 11.9. The van der Waals surface area contributed by atoms with E-state index in [0.717, 1.165) is 24.0 Å². The molecule has 1 fully saturated rings. The largest absolute Gasteiger partial charge is 0.469 e. The lowest BCUT2D eigenvalue weighted by atomic mass is 9.77. The summed E-state index contributed by atoms with van der Waals surface area (Å²) in [4.78, 5) is 55.6. The van der Waals surface area contributed by atoms with Gasteiger partial charge in [0.15, 0.2) is 0 Å². The molecule has 2 aromatic rings. The van der Waals surface area contributed by atoms with Crippen LogP contribution < -0.4 is 0 Å². The van der Waals surface area contributed by atoms with Crippen LogP contribution >= 0.6 is 0 Å². The summed E-state index contributed by atoms with van der Waals surface area (Å²) in [6, 6.07) is 14.2. The standard InChI is InChI=1S/C27H28N2O5/c1-34-27(33)22-13-7-6-12-21(22)24(30)28-15-14-17-8-2-3-9-18(17)23(28)16-29-25(31)19-10-4-5-11-20(19)26(29)32/h2-5,8-11,21-23H,6-7,12-16H2,1H3/t21-,22+,23+/m0/s1. The first-order valence-corrected chi connectivity index (χ1v) is 11.9. The third-order valence-electron chi connectivity index (χ3n) is 7.52. The molecule has 0 unspecified atom stereocenters. The van der Waals surface area contributed by atoms with Gasteiger partial charge in [-0.2, -0.15) is 0 Å². The van der Waals surface area contributed by atoms with Gasteiger partial charge < -0.3 is 9.64 Å². The quantitative estimate of drug-likeness (QED) is 0.516. The van der Waals surface area contributed by atoms with Crippen molar-refractivity contribution >= 4 is 23.7 Å². The minimum atomic E-state index is -0.458. The topological polar surface area (TPSA) is 84.0 Å². The molecule has 2 aromatic carbocycles. The minimum absolute atomic E-state index is 0.0880. The molecule has 34 heavy (non-hydrogen) atoms. The second-order valence-electron chi connectivity index (χ2n) is 9.28. The second kappa shape index (κ2) is 9.05. The van der Waals surface area contributed by atoms with Gasteiger partial charge in [0.05, 0.1) is 42.7 Å². The van der Waals surface area contributed by atoms with Crippen LogP contribution in [-0.4, -0.2) is 53.7 Å². The van der Waals surface area contributed by atoms with Crippen molar-refractivity contribution in [1.82, 2.24) is 9.80 Å². The molecule has 0 saturated heterocycles. The van der Waals surface area contributed by atoms with Gasteiger partial charge in [-0.15, -0.1) is 0 Å². The zero-order chi connectivity index (χ0) is 23.8. The van der Waals surface area contributed by atoms with E-state index in [1.807, 2.05) is 24.3 Å². The molecular weight excluding hydrogens is 432 g/mol. The van der Waals surface area contributed by atoms with Gasteiger partial charge in [0, 0.05) is 6.54 Å². The van der Waals surface area contributed by atoms with E-state index in [1.54, 1.807) is 29.2 Å². The van der Waals surface area contributed by atoms with Crippen molar-refractivity contribution in [3.05, 3.63) is 70.8 Å². The smallest absolute Gasteiger partial charge is 0.309 e. The summed E-state index contributed by atoms with van der Waals surface area (Å²) in [5, 5.41) is 0. The lowest BCUT2D eigenvalue weighted by Crippen LogP contribution is -2.50. The number of fused-ring (bicyclic) bond motifs is 2. The van der Waals surface area contributed by atoms with Gasteiger partial charge >= 0.3 is 5.97 Å². The molecule has 176 valence electrons.